The summed E-state index contributed by atoms with van der Waals surface area (Å²) in [6, 6.07) is 99.0. The Morgan fingerprint density at radius 3 is 1.58 bits per heavy atom. The molecule has 0 N–H and O–H groups in total. The number of hydrogen-bond acceptors (Lipinski definition) is 3. The zero-order valence-electron chi connectivity index (χ0n) is 40.2. The molecule has 2 heterocycles. The second-order valence-corrected chi connectivity index (χ2v) is 19.5. The van der Waals surface area contributed by atoms with Gasteiger partial charge in [-0.25, -0.2) is 0 Å². The van der Waals surface area contributed by atoms with Gasteiger partial charge < -0.3 is 13.7 Å². The smallest absolute Gasteiger partial charge is 0.143 e. The minimum atomic E-state index is -0.456. The van der Waals surface area contributed by atoms with Gasteiger partial charge >= 0.3 is 0 Å². The van der Waals surface area contributed by atoms with Crippen LogP contribution in [-0.2, 0) is 5.41 Å². The highest BCUT2D eigenvalue weighted by molar-refractivity contribution is 6.17. The summed E-state index contributed by atoms with van der Waals surface area (Å²) in [4.78, 5) is 2.38. The molecule has 1 aliphatic carbocycles. The van der Waals surface area contributed by atoms with E-state index < -0.39 is 5.41 Å². The van der Waals surface area contributed by atoms with E-state index in [0.29, 0.717) is 0 Å². The molecule has 0 radical (unpaired) electrons. The van der Waals surface area contributed by atoms with Gasteiger partial charge in [-0.15, -0.1) is 0 Å². The van der Waals surface area contributed by atoms with Crippen LogP contribution in [-0.4, -0.2) is 0 Å². The fraction of sp³-hybridized carbons (Fsp3) is 0.0141. The molecule has 0 atom stereocenters. The van der Waals surface area contributed by atoms with Crippen molar-refractivity contribution in [2.45, 2.75) is 5.41 Å². The van der Waals surface area contributed by atoms with Gasteiger partial charge in [-0.1, -0.05) is 206 Å². The number of para-hydroxylation sites is 2. The fourth-order valence-corrected chi connectivity index (χ4v) is 12.2. The molecule has 15 rings (SSSR count). The minimum Gasteiger partial charge on any atom is -0.456 e. The van der Waals surface area contributed by atoms with E-state index in [1.54, 1.807) is 0 Å². The minimum absolute atomic E-state index is 0.456. The van der Waals surface area contributed by atoms with Crippen LogP contribution in [0.25, 0.3) is 99.2 Å². The average Bonchev–Trinajstić information content (AvgIpc) is 4.19. The van der Waals surface area contributed by atoms with E-state index in [1.807, 2.05) is 12.1 Å². The van der Waals surface area contributed by atoms with Crippen LogP contribution in [0.4, 0.5) is 17.1 Å². The van der Waals surface area contributed by atoms with Crippen LogP contribution < -0.4 is 4.90 Å². The molecule has 3 nitrogen and oxygen atoms in total. The monoisotopic (exact) mass is 943 g/mol. The third-order valence-electron chi connectivity index (χ3n) is 15.5. The number of rotatable bonds is 8. The number of fused-ring (bicyclic) bond motifs is 11. The van der Waals surface area contributed by atoms with E-state index in [0.717, 1.165) is 99.7 Å². The SMILES string of the molecule is c1ccc(C2(c3ccccc3)c3ccccc3-c3cc(-c4cccc(N(c5ccc(-c6cccc7c6oc6c8ccccc8ccc76)cc5)c5cccc(-c6ccc7c(c6)oc6ccccc67)c5)c4)ccc32)cc1. The number of nitrogens with zero attached hydrogens (tertiary/aromatic N) is 1. The number of hydrogen-bond donors (Lipinski definition) is 0. The quantitative estimate of drug-likeness (QED) is 0.152. The van der Waals surface area contributed by atoms with E-state index in [9.17, 15) is 0 Å². The highest BCUT2D eigenvalue weighted by atomic mass is 16.3. The van der Waals surface area contributed by atoms with Crippen molar-refractivity contribution in [2.75, 3.05) is 4.90 Å². The van der Waals surface area contributed by atoms with Gasteiger partial charge in [-0.2, -0.15) is 0 Å². The molecular weight excluding hydrogens is 899 g/mol. The van der Waals surface area contributed by atoms with Crippen molar-refractivity contribution in [3.05, 3.63) is 295 Å². The highest BCUT2D eigenvalue weighted by Crippen LogP contribution is 2.57. The van der Waals surface area contributed by atoms with Gasteiger partial charge in [-0.05, 0) is 133 Å². The van der Waals surface area contributed by atoms with Crippen molar-refractivity contribution >= 4 is 71.7 Å². The summed E-state index contributed by atoms with van der Waals surface area (Å²) < 4.78 is 13.2. The lowest BCUT2D eigenvalue weighted by Gasteiger charge is -2.33. The highest BCUT2D eigenvalue weighted by Gasteiger charge is 2.46. The molecule has 0 saturated heterocycles. The lowest BCUT2D eigenvalue weighted by Crippen LogP contribution is -2.28. The predicted molar refractivity (Wildman–Crippen MR) is 307 cm³/mol. The molecule has 2 aromatic heterocycles. The van der Waals surface area contributed by atoms with Crippen molar-refractivity contribution in [2.24, 2.45) is 0 Å². The number of benzene rings is 12. The Labute approximate surface area is 428 Å². The average molecular weight is 944 g/mol. The zero-order valence-corrected chi connectivity index (χ0v) is 40.2. The van der Waals surface area contributed by atoms with Gasteiger partial charge in [0.15, 0.2) is 0 Å². The van der Waals surface area contributed by atoms with E-state index in [1.165, 1.54) is 38.8 Å². The third kappa shape index (κ3) is 6.46. The summed E-state index contributed by atoms with van der Waals surface area (Å²) in [5.41, 5.74) is 20.5. The first kappa shape index (κ1) is 42.0. The van der Waals surface area contributed by atoms with Crippen LogP contribution in [0.2, 0.25) is 0 Å². The summed E-state index contributed by atoms with van der Waals surface area (Å²) in [6.45, 7) is 0. The molecule has 0 unspecified atom stereocenters. The molecule has 74 heavy (non-hydrogen) atoms. The van der Waals surface area contributed by atoms with Gasteiger partial charge in [0, 0.05) is 49.6 Å². The second kappa shape index (κ2) is 16.7. The van der Waals surface area contributed by atoms with E-state index in [-0.39, 0.29) is 0 Å². The van der Waals surface area contributed by atoms with Gasteiger partial charge in [0.05, 0.1) is 5.41 Å². The third-order valence-corrected chi connectivity index (χ3v) is 15.5. The second-order valence-electron chi connectivity index (χ2n) is 19.5. The van der Waals surface area contributed by atoms with Crippen LogP contribution in [0.3, 0.4) is 0 Å². The first-order chi connectivity index (χ1) is 36.7. The van der Waals surface area contributed by atoms with Crippen molar-refractivity contribution in [1.29, 1.82) is 0 Å². The largest absolute Gasteiger partial charge is 0.456 e. The lowest BCUT2D eigenvalue weighted by molar-refractivity contribution is 0.669. The number of anilines is 3. The Bertz CT molecular complexity index is 4450. The fourth-order valence-electron chi connectivity index (χ4n) is 12.2. The molecule has 1 aliphatic rings. The maximum absolute atomic E-state index is 6.81. The van der Waals surface area contributed by atoms with Crippen LogP contribution in [0, 0.1) is 0 Å². The van der Waals surface area contributed by atoms with E-state index in [2.05, 4.69) is 266 Å². The molecule has 12 aromatic carbocycles. The van der Waals surface area contributed by atoms with Crippen molar-refractivity contribution in [3.63, 3.8) is 0 Å². The molecule has 0 amide bonds. The topological polar surface area (TPSA) is 29.5 Å². The molecule has 0 spiro atoms. The Morgan fingerprint density at radius 1 is 0.270 bits per heavy atom. The lowest BCUT2D eigenvalue weighted by atomic mass is 9.67. The van der Waals surface area contributed by atoms with Crippen LogP contribution >= 0.6 is 0 Å². The molecule has 346 valence electrons. The predicted octanol–water partition coefficient (Wildman–Crippen LogP) is 19.5. The summed E-state index contributed by atoms with van der Waals surface area (Å²) in [7, 11) is 0. The first-order valence-electron chi connectivity index (χ1n) is 25.4. The van der Waals surface area contributed by atoms with Crippen molar-refractivity contribution < 1.29 is 8.83 Å². The molecule has 0 aliphatic heterocycles. The molecule has 3 heteroatoms. The molecule has 0 fully saturated rings. The first-order valence-corrected chi connectivity index (χ1v) is 25.4. The Hall–Kier alpha value is -9.70. The Kier molecular flexibility index (Phi) is 9.48. The zero-order chi connectivity index (χ0) is 48.7. The summed E-state index contributed by atoms with van der Waals surface area (Å²) in [6.07, 6.45) is 0. The molecule has 14 aromatic rings. The van der Waals surface area contributed by atoms with E-state index in [4.69, 9.17) is 8.83 Å². The molecule has 0 bridgehead atoms. The maximum Gasteiger partial charge on any atom is 0.143 e. The summed E-state index contributed by atoms with van der Waals surface area (Å²) in [5, 5.41) is 6.78. The van der Waals surface area contributed by atoms with Crippen LogP contribution in [0.1, 0.15) is 22.3 Å². The standard InChI is InChI=1S/C71H45NO2/c1-3-19-52(20-4-1)71(53-21-5-2-6-22-53)65-30-11-9-26-59(65)64-44-50(36-41-66(64)71)48-17-13-23-55(42-48)72(56-24-14-18-49(43-56)51-35-39-61-60-27-10-12-31-67(60)73-68(61)45-51)54-37-32-47(33-38-54)58-28-15-29-62-63-40-34-46-16-7-8-25-57(46)70(63)74-69(58)62/h1-45H. The Balaban J connectivity index is 0.867. The van der Waals surface area contributed by atoms with Crippen molar-refractivity contribution in [1.82, 2.24) is 0 Å². The molecular formula is C71H45NO2. The van der Waals surface area contributed by atoms with Crippen LogP contribution in [0.15, 0.2) is 282 Å². The van der Waals surface area contributed by atoms with Gasteiger partial charge in [0.1, 0.15) is 22.3 Å². The van der Waals surface area contributed by atoms with Crippen LogP contribution in [0.5, 0.6) is 0 Å². The number of furan rings is 2. The Morgan fingerprint density at radius 2 is 0.811 bits per heavy atom. The maximum atomic E-state index is 6.81. The van der Waals surface area contributed by atoms with E-state index >= 15 is 0 Å². The van der Waals surface area contributed by atoms with Gasteiger partial charge in [0.25, 0.3) is 0 Å². The summed E-state index contributed by atoms with van der Waals surface area (Å²) in [5.74, 6) is 0. The molecule has 0 saturated carbocycles. The normalized spacial score (nSPS) is 12.7. The van der Waals surface area contributed by atoms with Crippen molar-refractivity contribution in [3.8, 4) is 44.5 Å². The summed E-state index contributed by atoms with van der Waals surface area (Å²) >= 11 is 0. The van der Waals surface area contributed by atoms with Gasteiger partial charge in [0.2, 0.25) is 0 Å². The van der Waals surface area contributed by atoms with Gasteiger partial charge in [-0.3, -0.25) is 0 Å².